The molecule has 0 spiro atoms. The molecule has 0 fully saturated rings. The fourth-order valence-corrected chi connectivity index (χ4v) is 5.39. The Hall–Kier alpha value is -2.79. The summed E-state index contributed by atoms with van der Waals surface area (Å²) in [5, 5.41) is 25.8. The van der Waals surface area contributed by atoms with E-state index in [9.17, 15) is 18.3 Å². The Morgan fingerprint density at radius 2 is 1.68 bits per heavy atom. The fraction of sp³-hybridized carbons (Fsp3) is 0.481. The van der Waals surface area contributed by atoms with E-state index in [1.807, 2.05) is 65.0 Å². The average molecular weight is 533 g/mol. The summed E-state index contributed by atoms with van der Waals surface area (Å²) in [4.78, 5) is 13.0. The highest BCUT2D eigenvalue weighted by Gasteiger charge is 2.34. The molecule has 0 heterocycles. The average Bonchev–Trinajstić information content (AvgIpc) is 2.83. The highest BCUT2D eigenvalue weighted by Crippen LogP contribution is 2.21. The third-order valence-electron chi connectivity index (χ3n) is 5.99. The summed E-state index contributed by atoms with van der Waals surface area (Å²) in [6.45, 7) is 9.30. The topological polar surface area (TPSA) is 145 Å². The second kappa shape index (κ2) is 13.1. The molecule has 3 atom stereocenters. The van der Waals surface area contributed by atoms with Gasteiger partial charge in [0, 0.05) is 13.1 Å². The Morgan fingerprint density at radius 1 is 1.08 bits per heavy atom. The maximum Gasteiger partial charge on any atom is 0.243 e. The van der Waals surface area contributed by atoms with Gasteiger partial charge in [-0.15, -0.1) is 0 Å². The molecule has 0 unspecified atom stereocenters. The van der Waals surface area contributed by atoms with Crippen molar-refractivity contribution in [3.05, 3.63) is 65.7 Å². The molecule has 2 aromatic rings. The van der Waals surface area contributed by atoms with Crippen LogP contribution in [0.4, 0.5) is 0 Å². The largest absolute Gasteiger partial charge is 0.411 e. The highest BCUT2D eigenvalue weighted by molar-refractivity contribution is 7.89. The molecule has 0 saturated heterocycles. The molecule has 0 saturated carbocycles. The van der Waals surface area contributed by atoms with Gasteiger partial charge in [-0.1, -0.05) is 82.2 Å². The van der Waals surface area contributed by atoms with Gasteiger partial charge in [-0.25, -0.2) is 8.42 Å². The SMILES string of the molecule is CC(C)CN(C[C@@H](O)[C@H](Cc1ccccc1)NC(=O)[C@@H](N)C(C)(C)C)S(=O)(=O)c1ccc(/C=N/O)cc1. The summed E-state index contributed by atoms with van der Waals surface area (Å²) in [7, 11) is -3.97. The number of benzene rings is 2. The number of rotatable bonds is 12. The number of oxime groups is 1. The van der Waals surface area contributed by atoms with Gasteiger partial charge in [0.1, 0.15) is 0 Å². The van der Waals surface area contributed by atoms with Gasteiger partial charge in [-0.2, -0.15) is 4.31 Å². The maximum atomic E-state index is 13.5. The maximum absolute atomic E-state index is 13.5. The van der Waals surface area contributed by atoms with Gasteiger partial charge in [0.05, 0.1) is 29.3 Å². The third kappa shape index (κ3) is 8.92. The van der Waals surface area contributed by atoms with E-state index in [1.165, 1.54) is 34.8 Å². The van der Waals surface area contributed by atoms with Gasteiger partial charge >= 0.3 is 0 Å². The van der Waals surface area contributed by atoms with Crippen LogP contribution in [0.1, 0.15) is 45.7 Å². The second-order valence-corrected chi connectivity index (χ2v) is 12.7. The number of nitrogens with zero attached hydrogens (tertiary/aromatic N) is 2. The van der Waals surface area contributed by atoms with Gasteiger partial charge < -0.3 is 21.4 Å². The second-order valence-electron chi connectivity index (χ2n) is 10.7. The number of carbonyl (C=O) groups excluding carboxylic acids is 1. The van der Waals surface area contributed by atoms with E-state index in [1.54, 1.807) is 0 Å². The third-order valence-corrected chi connectivity index (χ3v) is 7.84. The number of carbonyl (C=O) groups is 1. The number of nitrogens with one attached hydrogen (secondary N) is 1. The first kappa shape index (κ1) is 30.4. The summed E-state index contributed by atoms with van der Waals surface area (Å²) in [5.41, 5.74) is 7.09. The lowest BCUT2D eigenvalue weighted by atomic mass is 9.86. The van der Waals surface area contributed by atoms with Crippen LogP contribution in [0.3, 0.4) is 0 Å². The molecule has 204 valence electrons. The summed E-state index contributed by atoms with van der Waals surface area (Å²) in [5.74, 6) is -0.425. The number of hydrogen-bond acceptors (Lipinski definition) is 7. The summed E-state index contributed by atoms with van der Waals surface area (Å²) >= 11 is 0. The van der Waals surface area contributed by atoms with Crippen LogP contribution in [0, 0.1) is 11.3 Å². The van der Waals surface area contributed by atoms with E-state index in [-0.39, 0.29) is 23.9 Å². The van der Waals surface area contributed by atoms with Crippen molar-refractivity contribution in [2.45, 2.75) is 64.1 Å². The van der Waals surface area contributed by atoms with Crippen LogP contribution < -0.4 is 11.1 Å². The predicted octanol–water partition coefficient (Wildman–Crippen LogP) is 2.60. The molecule has 0 bridgehead atoms. The van der Waals surface area contributed by atoms with E-state index < -0.39 is 39.5 Å². The Labute approximate surface area is 220 Å². The quantitative estimate of drug-likeness (QED) is 0.188. The minimum absolute atomic E-state index is 0.0146. The zero-order valence-corrected chi connectivity index (χ0v) is 23.0. The molecule has 0 radical (unpaired) electrons. The number of aliphatic hydroxyl groups is 1. The molecule has 9 nitrogen and oxygen atoms in total. The van der Waals surface area contributed by atoms with Crippen LogP contribution >= 0.6 is 0 Å². The van der Waals surface area contributed by atoms with Gasteiger partial charge in [0.2, 0.25) is 15.9 Å². The molecule has 5 N–H and O–H groups in total. The summed E-state index contributed by atoms with van der Waals surface area (Å²) in [6, 6.07) is 13.7. The monoisotopic (exact) mass is 532 g/mol. The van der Waals surface area contributed by atoms with Crippen molar-refractivity contribution in [3.63, 3.8) is 0 Å². The lowest BCUT2D eigenvalue weighted by Crippen LogP contribution is -2.56. The first-order chi connectivity index (χ1) is 17.3. The molecule has 1 amide bonds. The van der Waals surface area contributed by atoms with E-state index in [4.69, 9.17) is 10.9 Å². The van der Waals surface area contributed by atoms with Gasteiger partial charge in [0.25, 0.3) is 0 Å². The number of hydrogen-bond donors (Lipinski definition) is 4. The Balaban J connectivity index is 2.35. The van der Waals surface area contributed by atoms with Gasteiger partial charge in [-0.3, -0.25) is 4.79 Å². The first-order valence-electron chi connectivity index (χ1n) is 12.3. The van der Waals surface area contributed by atoms with Crippen molar-refractivity contribution in [1.82, 2.24) is 9.62 Å². The zero-order valence-electron chi connectivity index (χ0n) is 22.2. The minimum Gasteiger partial charge on any atom is -0.411 e. The van der Waals surface area contributed by atoms with Crippen molar-refractivity contribution in [2.75, 3.05) is 13.1 Å². The van der Waals surface area contributed by atoms with E-state index in [0.717, 1.165) is 5.56 Å². The molecular formula is C27H40N4O5S. The van der Waals surface area contributed by atoms with Crippen molar-refractivity contribution in [2.24, 2.45) is 22.2 Å². The molecule has 2 aromatic carbocycles. The zero-order chi connectivity index (χ0) is 27.8. The Kier molecular flexibility index (Phi) is 10.8. The van der Waals surface area contributed by atoms with Gasteiger partial charge in [0.15, 0.2) is 0 Å². The smallest absolute Gasteiger partial charge is 0.243 e. The number of aliphatic hydroxyl groups excluding tert-OH is 1. The van der Waals surface area contributed by atoms with Crippen molar-refractivity contribution in [3.8, 4) is 0 Å². The van der Waals surface area contributed by atoms with Crippen molar-refractivity contribution < 1.29 is 23.5 Å². The Morgan fingerprint density at radius 3 is 2.19 bits per heavy atom. The summed E-state index contributed by atoms with van der Waals surface area (Å²) < 4.78 is 28.3. The van der Waals surface area contributed by atoms with E-state index in [2.05, 4.69) is 10.5 Å². The number of nitrogens with two attached hydrogens (primary N) is 1. The van der Waals surface area contributed by atoms with E-state index in [0.29, 0.717) is 12.0 Å². The van der Waals surface area contributed by atoms with Crippen molar-refractivity contribution in [1.29, 1.82) is 0 Å². The molecule has 0 aliphatic carbocycles. The van der Waals surface area contributed by atoms with Crippen LogP contribution in [0.15, 0.2) is 64.6 Å². The standard InChI is InChI=1S/C27H40N4O5S/c1-19(2)17-31(37(35,36)22-13-11-21(12-14-22)16-29-34)18-24(32)23(15-20-9-7-6-8-10-20)30-26(33)25(28)27(3,4)5/h6-14,16,19,23-25,32,34H,15,17-18,28H2,1-5H3,(H,30,33)/b29-16+/t23-,24+,25+/m0/s1. The van der Waals surface area contributed by atoms with Crippen LogP contribution in [0.25, 0.3) is 0 Å². The minimum atomic E-state index is -3.97. The Bertz CT molecular complexity index is 1130. The first-order valence-corrected chi connectivity index (χ1v) is 13.7. The van der Waals surface area contributed by atoms with Crippen LogP contribution in [-0.2, 0) is 21.2 Å². The predicted molar refractivity (Wildman–Crippen MR) is 145 cm³/mol. The molecular weight excluding hydrogens is 492 g/mol. The van der Waals surface area contributed by atoms with E-state index >= 15 is 0 Å². The molecule has 10 heteroatoms. The molecule has 2 rings (SSSR count). The molecule has 37 heavy (non-hydrogen) atoms. The lowest BCUT2D eigenvalue weighted by molar-refractivity contribution is -0.126. The van der Waals surface area contributed by atoms with Crippen molar-refractivity contribution >= 4 is 22.1 Å². The number of sulfonamides is 1. The van der Waals surface area contributed by atoms with Crippen LogP contribution in [-0.4, -0.2) is 66.4 Å². The highest BCUT2D eigenvalue weighted by atomic mass is 32.2. The van der Waals surface area contributed by atoms with Crippen LogP contribution in [0.2, 0.25) is 0 Å². The number of amides is 1. The molecule has 0 aliphatic rings. The van der Waals surface area contributed by atoms with Crippen LogP contribution in [0.5, 0.6) is 0 Å². The fourth-order valence-electron chi connectivity index (χ4n) is 3.77. The molecule has 0 aromatic heterocycles. The summed E-state index contributed by atoms with van der Waals surface area (Å²) in [6.07, 6.45) is 0.297. The van der Waals surface area contributed by atoms with Gasteiger partial charge in [-0.05, 0) is 41.0 Å². The lowest BCUT2D eigenvalue weighted by Gasteiger charge is -2.33. The normalized spacial score (nSPS) is 15.2. The molecule has 0 aliphatic heterocycles.